The average Bonchev–Trinajstić information content (AvgIpc) is 3.40. The molecular formula is C29H24FN3O4. The van der Waals surface area contributed by atoms with E-state index in [-0.39, 0.29) is 24.1 Å². The number of pyridine rings is 2. The van der Waals surface area contributed by atoms with Gasteiger partial charge in [0.25, 0.3) is 11.5 Å². The molecule has 0 atom stereocenters. The van der Waals surface area contributed by atoms with Gasteiger partial charge in [0.15, 0.2) is 11.5 Å². The number of halogens is 1. The number of nitrogens with zero attached hydrogens (tertiary/aromatic N) is 3. The molecule has 4 aromatic rings. The Morgan fingerprint density at radius 3 is 2.76 bits per heavy atom. The molecule has 37 heavy (non-hydrogen) atoms. The second-order valence-corrected chi connectivity index (χ2v) is 9.29. The van der Waals surface area contributed by atoms with E-state index >= 15 is 0 Å². The highest BCUT2D eigenvalue weighted by atomic mass is 19.1. The number of benzene rings is 2. The molecule has 0 spiro atoms. The Balaban J connectivity index is 1.40. The third-order valence-electron chi connectivity index (χ3n) is 6.91. The second kappa shape index (κ2) is 9.20. The topological polar surface area (TPSA) is 73.7 Å². The maximum atomic E-state index is 14.0. The van der Waals surface area contributed by atoms with E-state index in [1.54, 1.807) is 59.1 Å². The van der Waals surface area contributed by atoms with Crippen molar-refractivity contribution in [1.29, 1.82) is 0 Å². The van der Waals surface area contributed by atoms with Crippen LogP contribution >= 0.6 is 0 Å². The number of ether oxygens (including phenoxy) is 2. The summed E-state index contributed by atoms with van der Waals surface area (Å²) in [7, 11) is 0. The predicted octanol–water partition coefficient (Wildman–Crippen LogP) is 4.33. The van der Waals surface area contributed by atoms with Gasteiger partial charge < -0.3 is 18.9 Å². The molecule has 2 aromatic carbocycles. The van der Waals surface area contributed by atoms with Crippen molar-refractivity contribution in [3.05, 3.63) is 111 Å². The molecule has 2 aromatic heterocycles. The summed E-state index contributed by atoms with van der Waals surface area (Å²) in [6, 6.07) is 15.5. The van der Waals surface area contributed by atoms with Crippen LogP contribution in [-0.2, 0) is 19.5 Å². The fraction of sp³-hybridized carbons (Fsp3) is 0.207. The first-order valence-corrected chi connectivity index (χ1v) is 12.1. The first-order valence-electron chi connectivity index (χ1n) is 12.1. The molecule has 0 N–H and O–H groups in total. The Hall–Kier alpha value is -4.46. The third-order valence-corrected chi connectivity index (χ3v) is 6.91. The molecule has 0 radical (unpaired) electrons. The van der Waals surface area contributed by atoms with E-state index in [0.29, 0.717) is 59.8 Å². The molecule has 2 aliphatic rings. The monoisotopic (exact) mass is 497 g/mol. The van der Waals surface area contributed by atoms with Gasteiger partial charge in [-0.2, -0.15) is 0 Å². The summed E-state index contributed by atoms with van der Waals surface area (Å²) in [5.74, 6) is 0.743. The van der Waals surface area contributed by atoms with Crippen molar-refractivity contribution in [2.45, 2.75) is 26.4 Å². The van der Waals surface area contributed by atoms with Crippen molar-refractivity contribution in [1.82, 2.24) is 14.5 Å². The van der Waals surface area contributed by atoms with Crippen LogP contribution in [0.1, 0.15) is 32.7 Å². The van der Waals surface area contributed by atoms with Gasteiger partial charge in [0.2, 0.25) is 6.79 Å². The van der Waals surface area contributed by atoms with Gasteiger partial charge >= 0.3 is 0 Å². The van der Waals surface area contributed by atoms with Gasteiger partial charge in [-0.05, 0) is 71.6 Å². The van der Waals surface area contributed by atoms with Crippen LogP contribution in [0.25, 0.3) is 11.1 Å². The van der Waals surface area contributed by atoms with Crippen LogP contribution < -0.4 is 15.0 Å². The van der Waals surface area contributed by atoms with Gasteiger partial charge in [0.05, 0.1) is 6.54 Å². The molecule has 0 aliphatic carbocycles. The molecule has 2 aliphatic heterocycles. The minimum Gasteiger partial charge on any atom is -0.454 e. The minimum absolute atomic E-state index is 0.117. The quantitative estimate of drug-likeness (QED) is 0.420. The van der Waals surface area contributed by atoms with E-state index in [1.165, 1.54) is 6.07 Å². The Kier molecular flexibility index (Phi) is 5.71. The molecule has 0 saturated carbocycles. The van der Waals surface area contributed by atoms with Crippen LogP contribution in [-0.4, -0.2) is 33.7 Å². The van der Waals surface area contributed by atoms with Crippen molar-refractivity contribution in [2.75, 3.05) is 13.3 Å². The lowest BCUT2D eigenvalue weighted by Crippen LogP contribution is -2.39. The number of carbonyl (C=O) groups is 1. The highest BCUT2D eigenvalue weighted by Crippen LogP contribution is 2.33. The lowest BCUT2D eigenvalue weighted by molar-refractivity contribution is 0.0731. The third kappa shape index (κ3) is 4.24. The normalized spacial score (nSPS) is 13.9. The van der Waals surface area contributed by atoms with E-state index in [0.717, 1.165) is 16.8 Å². The lowest BCUT2D eigenvalue weighted by Gasteiger charge is -2.31. The van der Waals surface area contributed by atoms with Crippen LogP contribution in [0.5, 0.6) is 11.5 Å². The average molecular weight is 498 g/mol. The molecule has 0 fully saturated rings. The zero-order chi connectivity index (χ0) is 25.5. The maximum absolute atomic E-state index is 14.0. The summed E-state index contributed by atoms with van der Waals surface area (Å²) in [6.45, 7) is 3.01. The molecule has 1 amide bonds. The molecule has 186 valence electrons. The number of hydrogen-bond donors (Lipinski definition) is 0. The number of fused-ring (bicyclic) bond motifs is 2. The summed E-state index contributed by atoms with van der Waals surface area (Å²) < 4.78 is 26.6. The van der Waals surface area contributed by atoms with Crippen LogP contribution in [0.4, 0.5) is 4.39 Å². The lowest BCUT2D eigenvalue weighted by atomic mass is 9.97. The number of carbonyl (C=O) groups excluding carboxylic acids is 1. The van der Waals surface area contributed by atoms with Gasteiger partial charge in [0.1, 0.15) is 5.82 Å². The summed E-state index contributed by atoms with van der Waals surface area (Å²) in [5.41, 5.74) is 4.64. The van der Waals surface area contributed by atoms with E-state index < -0.39 is 0 Å². The SMILES string of the molecule is Cc1cc(-c2cc3c(n(Cc4cccnc4)c2=O)CCN(C(=O)c2ccc4c(c2)OCO4)C3)ccc1F. The molecule has 7 nitrogen and oxygen atoms in total. The summed E-state index contributed by atoms with van der Waals surface area (Å²) in [4.78, 5) is 33.1. The maximum Gasteiger partial charge on any atom is 0.258 e. The first-order chi connectivity index (χ1) is 18.0. The highest BCUT2D eigenvalue weighted by molar-refractivity contribution is 5.95. The highest BCUT2D eigenvalue weighted by Gasteiger charge is 2.27. The fourth-order valence-electron chi connectivity index (χ4n) is 4.96. The molecule has 0 bridgehead atoms. The van der Waals surface area contributed by atoms with E-state index in [9.17, 15) is 14.0 Å². The number of amides is 1. The fourth-order valence-corrected chi connectivity index (χ4v) is 4.96. The van der Waals surface area contributed by atoms with Crippen LogP contribution in [0.3, 0.4) is 0 Å². The summed E-state index contributed by atoms with van der Waals surface area (Å²) in [5, 5.41) is 0. The van der Waals surface area contributed by atoms with Crippen molar-refractivity contribution in [2.24, 2.45) is 0 Å². The van der Waals surface area contributed by atoms with Gasteiger partial charge in [0, 0.05) is 48.7 Å². The zero-order valence-corrected chi connectivity index (χ0v) is 20.2. The van der Waals surface area contributed by atoms with Gasteiger partial charge in [-0.25, -0.2) is 4.39 Å². The van der Waals surface area contributed by atoms with Crippen molar-refractivity contribution in [3.8, 4) is 22.6 Å². The molecule has 4 heterocycles. The molecule has 0 unspecified atom stereocenters. The standard InChI is InChI=1S/C29H24FN3O4/c1-18-11-20(4-6-24(18)30)23-12-22-16-32(28(34)21-5-7-26-27(13-21)37-17-36-26)10-8-25(22)33(29(23)35)15-19-3-2-9-31-14-19/h2-7,9,11-14H,8,10,15-17H2,1H3. The van der Waals surface area contributed by atoms with Crippen molar-refractivity contribution >= 4 is 5.91 Å². The first kappa shape index (κ1) is 23.0. The number of hydrogen-bond acceptors (Lipinski definition) is 5. The van der Waals surface area contributed by atoms with Crippen LogP contribution in [0.2, 0.25) is 0 Å². The van der Waals surface area contributed by atoms with Gasteiger partial charge in [-0.1, -0.05) is 12.1 Å². The largest absolute Gasteiger partial charge is 0.454 e. The Morgan fingerprint density at radius 2 is 1.95 bits per heavy atom. The smallest absolute Gasteiger partial charge is 0.258 e. The molecule has 8 heteroatoms. The van der Waals surface area contributed by atoms with Crippen LogP contribution in [0.15, 0.2) is 71.8 Å². The van der Waals surface area contributed by atoms with Gasteiger partial charge in [-0.3, -0.25) is 14.6 Å². The van der Waals surface area contributed by atoms with Crippen molar-refractivity contribution < 1.29 is 18.7 Å². The number of aromatic nitrogens is 2. The van der Waals surface area contributed by atoms with E-state index in [1.807, 2.05) is 18.2 Å². The Morgan fingerprint density at radius 1 is 1.08 bits per heavy atom. The second-order valence-electron chi connectivity index (χ2n) is 9.29. The van der Waals surface area contributed by atoms with E-state index in [4.69, 9.17) is 9.47 Å². The summed E-state index contributed by atoms with van der Waals surface area (Å²) >= 11 is 0. The number of aryl methyl sites for hydroxylation is 1. The van der Waals surface area contributed by atoms with Crippen LogP contribution in [0, 0.1) is 12.7 Å². The Labute approximate surface area is 212 Å². The predicted molar refractivity (Wildman–Crippen MR) is 135 cm³/mol. The van der Waals surface area contributed by atoms with Crippen molar-refractivity contribution in [3.63, 3.8) is 0 Å². The van der Waals surface area contributed by atoms with Gasteiger partial charge in [-0.15, -0.1) is 0 Å². The molecule has 6 rings (SSSR count). The minimum atomic E-state index is -0.321. The summed E-state index contributed by atoms with van der Waals surface area (Å²) in [6.07, 6.45) is 3.97. The number of rotatable bonds is 4. The molecular weight excluding hydrogens is 473 g/mol. The zero-order valence-electron chi connectivity index (χ0n) is 20.2. The van der Waals surface area contributed by atoms with E-state index in [2.05, 4.69) is 4.98 Å². The molecule has 0 saturated heterocycles. The Bertz CT molecular complexity index is 1580.